The molecule has 0 aliphatic carbocycles. The third kappa shape index (κ3) is 8.68. The van der Waals surface area contributed by atoms with Crippen LogP contribution in [0.15, 0.2) is 18.7 Å². The Hall–Kier alpha value is -1.32. The van der Waals surface area contributed by atoms with Gasteiger partial charge in [-0.05, 0) is 6.42 Å². The van der Waals surface area contributed by atoms with E-state index in [1.807, 2.05) is 6.92 Å². The number of H-pyrrole nitrogens is 1. The van der Waals surface area contributed by atoms with E-state index in [1.165, 1.54) is 0 Å². The van der Waals surface area contributed by atoms with Crippen LogP contribution in [0.1, 0.15) is 19.8 Å². The largest absolute Gasteiger partial charge is 0.370 e. The molecule has 0 bridgehead atoms. The van der Waals surface area contributed by atoms with Crippen molar-refractivity contribution in [2.24, 2.45) is 5.73 Å². The number of carbonyl (C=O) groups is 1. The zero-order valence-corrected chi connectivity index (χ0v) is 6.58. The molecule has 0 atom stereocenters. The van der Waals surface area contributed by atoms with Crippen LogP contribution in [0.5, 0.6) is 0 Å². The summed E-state index contributed by atoms with van der Waals surface area (Å²) in [5.41, 5.74) is 4.76. The van der Waals surface area contributed by atoms with Gasteiger partial charge in [-0.25, -0.2) is 4.98 Å². The minimum atomic E-state index is -0.211. The minimum Gasteiger partial charge on any atom is -0.370 e. The van der Waals surface area contributed by atoms with E-state index in [-0.39, 0.29) is 5.91 Å². The molecule has 1 amide bonds. The Morgan fingerprint density at radius 3 is 2.55 bits per heavy atom. The molecule has 3 N–H and O–H groups in total. The number of rotatable bonds is 2. The molecule has 1 heterocycles. The standard InChI is InChI=1S/C4H9NO.C3H4N2/c1-2-3-4(5)6;1-2-5-3-4-1/h2-3H2,1H3,(H2,5,6);1-3H,(H,4,5). The van der Waals surface area contributed by atoms with Crippen molar-refractivity contribution in [3.63, 3.8) is 0 Å². The van der Waals surface area contributed by atoms with Gasteiger partial charge in [0.25, 0.3) is 0 Å². The molecule has 0 saturated carbocycles. The molecule has 11 heavy (non-hydrogen) atoms. The number of nitrogens with zero attached hydrogens (tertiary/aromatic N) is 1. The van der Waals surface area contributed by atoms with Crippen LogP contribution in [-0.2, 0) is 4.79 Å². The van der Waals surface area contributed by atoms with Crippen molar-refractivity contribution in [2.75, 3.05) is 0 Å². The lowest BCUT2D eigenvalue weighted by Crippen LogP contribution is -2.08. The van der Waals surface area contributed by atoms with E-state index in [0.717, 1.165) is 6.42 Å². The highest BCUT2D eigenvalue weighted by Crippen LogP contribution is 1.79. The molecule has 4 heteroatoms. The number of nitrogens with two attached hydrogens (primary N) is 1. The number of aromatic nitrogens is 2. The Labute approximate surface area is 65.8 Å². The van der Waals surface area contributed by atoms with Crippen LogP contribution in [0.25, 0.3) is 0 Å². The van der Waals surface area contributed by atoms with Gasteiger partial charge < -0.3 is 10.7 Å². The van der Waals surface area contributed by atoms with Crippen molar-refractivity contribution < 1.29 is 4.79 Å². The van der Waals surface area contributed by atoms with Gasteiger partial charge in [-0.3, -0.25) is 4.79 Å². The minimum absolute atomic E-state index is 0.211. The Morgan fingerprint density at radius 1 is 1.73 bits per heavy atom. The van der Waals surface area contributed by atoms with E-state index in [9.17, 15) is 4.79 Å². The number of nitrogens with one attached hydrogen (secondary N) is 1. The fourth-order valence-electron chi connectivity index (χ4n) is 0.462. The molecular weight excluding hydrogens is 142 g/mol. The van der Waals surface area contributed by atoms with Crippen LogP contribution < -0.4 is 5.73 Å². The van der Waals surface area contributed by atoms with Crippen molar-refractivity contribution in [2.45, 2.75) is 19.8 Å². The van der Waals surface area contributed by atoms with Crippen LogP contribution >= 0.6 is 0 Å². The summed E-state index contributed by atoms with van der Waals surface area (Å²) in [6.45, 7) is 1.92. The highest BCUT2D eigenvalue weighted by atomic mass is 16.1. The lowest BCUT2D eigenvalue weighted by molar-refractivity contribution is -0.118. The third-order valence-corrected chi connectivity index (χ3v) is 0.902. The van der Waals surface area contributed by atoms with Gasteiger partial charge in [-0.2, -0.15) is 0 Å². The molecule has 0 fully saturated rings. The number of amides is 1. The van der Waals surface area contributed by atoms with Gasteiger partial charge in [0.2, 0.25) is 5.91 Å². The predicted octanol–water partition coefficient (Wildman–Crippen LogP) is 0.682. The zero-order chi connectivity index (χ0) is 8.53. The second-order valence-corrected chi connectivity index (χ2v) is 1.98. The average molecular weight is 155 g/mol. The van der Waals surface area contributed by atoms with Gasteiger partial charge in [0, 0.05) is 18.8 Å². The summed E-state index contributed by atoms with van der Waals surface area (Å²) in [7, 11) is 0. The van der Waals surface area contributed by atoms with Crippen molar-refractivity contribution in [1.29, 1.82) is 0 Å². The van der Waals surface area contributed by atoms with Gasteiger partial charge in [0.1, 0.15) is 0 Å². The molecule has 1 aromatic heterocycles. The van der Waals surface area contributed by atoms with E-state index in [4.69, 9.17) is 5.73 Å². The number of primary amides is 1. The highest BCUT2D eigenvalue weighted by molar-refractivity contribution is 5.73. The lowest BCUT2D eigenvalue weighted by Gasteiger charge is -1.81. The Morgan fingerprint density at radius 2 is 2.45 bits per heavy atom. The Kier molecular flexibility index (Phi) is 5.98. The number of imidazole rings is 1. The molecule has 0 saturated heterocycles. The highest BCUT2D eigenvalue weighted by Gasteiger charge is 1.84. The molecule has 0 spiro atoms. The molecule has 62 valence electrons. The smallest absolute Gasteiger partial charge is 0.217 e. The molecule has 1 aromatic rings. The summed E-state index contributed by atoms with van der Waals surface area (Å²) in [6, 6.07) is 0. The maximum atomic E-state index is 9.82. The number of hydrogen-bond donors (Lipinski definition) is 2. The van der Waals surface area contributed by atoms with Crippen LogP contribution in [0, 0.1) is 0 Å². The summed E-state index contributed by atoms with van der Waals surface area (Å²) in [6.07, 6.45) is 6.45. The van der Waals surface area contributed by atoms with E-state index in [2.05, 4.69) is 9.97 Å². The van der Waals surface area contributed by atoms with Crippen molar-refractivity contribution in [3.05, 3.63) is 18.7 Å². The summed E-state index contributed by atoms with van der Waals surface area (Å²) in [5.74, 6) is -0.211. The molecular formula is C7H13N3O. The fourth-order valence-corrected chi connectivity index (χ4v) is 0.462. The van der Waals surface area contributed by atoms with Crippen LogP contribution in [0.4, 0.5) is 0 Å². The van der Waals surface area contributed by atoms with E-state index in [1.54, 1.807) is 18.7 Å². The summed E-state index contributed by atoms with van der Waals surface area (Å²) in [4.78, 5) is 16.2. The molecule has 4 nitrogen and oxygen atoms in total. The van der Waals surface area contributed by atoms with E-state index in [0.29, 0.717) is 6.42 Å². The summed E-state index contributed by atoms with van der Waals surface area (Å²) in [5, 5.41) is 0. The maximum absolute atomic E-state index is 9.82. The van der Waals surface area contributed by atoms with Crippen molar-refractivity contribution in [1.82, 2.24) is 9.97 Å². The quantitative estimate of drug-likeness (QED) is 0.659. The number of aromatic amines is 1. The lowest BCUT2D eigenvalue weighted by atomic mass is 10.3. The molecule has 0 radical (unpaired) electrons. The maximum Gasteiger partial charge on any atom is 0.217 e. The summed E-state index contributed by atoms with van der Waals surface area (Å²) >= 11 is 0. The zero-order valence-electron chi connectivity index (χ0n) is 6.58. The normalized spacial score (nSPS) is 8.09. The van der Waals surface area contributed by atoms with Crippen LogP contribution in [0.2, 0.25) is 0 Å². The second-order valence-electron chi connectivity index (χ2n) is 1.98. The first-order valence-corrected chi connectivity index (χ1v) is 3.48. The molecule has 0 unspecified atom stereocenters. The first-order chi connectivity index (χ1) is 5.27. The number of carbonyl (C=O) groups excluding carboxylic acids is 1. The van der Waals surface area contributed by atoms with E-state index >= 15 is 0 Å². The van der Waals surface area contributed by atoms with Gasteiger partial charge in [0.15, 0.2) is 0 Å². The predicted molar refractivity (Wildman–Crippen MR) is 42.7 cm³/mol. The average Bonchev–Trinajstić information content (AvgIpc) is 2.41. The van der Waals surface area contributed by atoms with Gasteiger partial charge in [0.05, 0.1) is 6.33 Å². The second kappa shape index (κ2) is 6.80. The monoisotopic (exact) mass is 155 g/mol. The first kappa shape index (κ1) is 9.68. The van der Waals surface area contributed by atoms with Crippen LogP contribution in [0.3, 0.4) is 0 Å². The fraction of sp³-hybridized carbons (Fsp3) is 0.429. The summed E-state index contributed by atoms with van der Waals surface area (Å²) < 4.78 is 0. The Balaban J connectivity index is 0.000000183. The van der Waals surface area contributed by atoms with Gasteiger partial charge in [-0.1, -0.05) is 6.92 Å². The molecule has 0 aliphatic rings. The van der Waals surface area contributed by atoms with Gasteiger partial charge in [-0.15, -0.1) is 0 Å². The third-order valence-electron chi connectivity index (χ3n) is 0.902. The van der Waals surface area contributed by atoms with Crippen molar-refractivity contribution in [3.8, 4) is 0 Å². The topological polar surface area (TPSA) is 71.8 Å². The van der Waals surface area contributed by atoms with Crippen LogP contribution in [-0.4, -0.2) is 15.9 Å². The SMILES string of the molecule is CCCC(N)=O.c1c[nH]cn1. The van der Waals surface area contributed by atoms with Crippen molar-refractivity contribution >= 4 is 5.91 Å². The Bertz CT molecular complexity index is 155. The van der Waals surface area contributed by atoms with Gasteiger partial charge >= 0.3 is 0 Å². The first-order valence-electron chi connectivity index (χ1n) is 3.48. The van der Waals surface area contributed by atoms with E-state index < -0.39 is 0 Å². The molecule has 0 aromatic carbocycles. The number of hydrogen-bond acceptors (Lipinski definition) is 2. The molecule has 0 aliphatic heterocycles. The molecule has 1 rings (SSSR count).